The minimum atomic E-state index is -0.224. The van der Waals surface area contributed by atoms with Crippen molar-refractivity contribution >= 4 is 11.8 Å². The van der Waals surface area contributed by atoms with E-state index in [0.29, 0.717) is 0 Å². The highest BCUT2D eigenvalue weighted by atomic mass is 16.5. The third kappa shape index (κ3) is 2.69. The van der Waals surface area contributed by atoms with E-state index < -0.39 is 0 Å². The van der Waals surface area contributed by atoms with Crippen molar-refractivity contribution in [3.63, 3.8) is 0 Å². The third-order valence-corrected chi connectivity index (χ3v) is 2.75. The Morgan fingerprint density at radius 2 is 1.88 bits per heavy atom. The zero-order chi connectivity index (χ0) is 12.1. The lowest BCUT2D eigenvalue weighted by Gasteiger charge is -2.12. The molecule has 0 amide bonds. The second kappa shape index (κ2) is 5.45. The lowest BCUT2D eigenvalue weighted by Crippen LogP contribution is -2.15. The summed E-state index contributed by atoms with van der Waals surface area (Å²) in [6.07, 6.45) is 7.63. The van der Waals surface area contributed by atoms with Gasteiger partial charge in [0.1, 0.15) is 0 Å². The molecule has 1 rings (SSSR count). The molecule has 1 atom stereocenters. The molecule has 0 heterocycles. The molecule has 1 unspecified atom stereocenters. The quantitative estimate of drug-likeness (QED) is 0.528. The fraction of sp³-hybridized carbons (Fsp3) is 0.385. The van der Waals surface area contributed by atoms with Gasteiger partial charge >= 0.3 is 11.8 Å². The normalized spacial score (nSPS) is 16.0. The van der Waals surface area contributed by atoms with E-state index in [9.17, 15) is 4.79 Å². The molecule has 3 heteroatoms. The minimum absolute atomic E-state index is 0.215. The van der Waals surface area contributed by atoms with Crippen LogP contribution in [0.1, 0.15) is 13.8 Å². The van der Waals surface area contributed by atoms with E-state index in [2.05, 4.69) is 0 Å². The Hall–Kier alpha value is -1.64. The van der Waals surface area contributed by atoms with E-state index in [1.54, 1.807) is 7.11 Å². The van der Waals surface area contributed by atoms with Gasteiger partial charge in [0.25, 0.3) is 7.11 Å². The standard InChI is InChI=1S/C13H17O3/c1-9(10(2)13(14)16-4)11-5-7-12(15-3)8-6-11/h5-8,10H,1-4H3/q+1. The highest BCUT2D eigenvalue weighted by Crippen LogP contribution is 2.20. The monoisotopic (exact) mass is 221 g/mol. The molecule has 0 aromatic heterocycles. The first-order valence-corrected chi connectivity index (χ1v) is 5.15. The van der Waals surface area contributed by atoms with Gasteiger partial charge in [-0.25, -0.2) is 0 Å². The average molecular weight is 221 g/mol. The Kier molecular flexibility index (Phi) is 4.23. The smallest absolute Gasteiger partial charge is 0.343 e. The summed E-state index contributed by atoms with van der Waals surface area (Å²) < 4.78 is 9.79. The van der Waals surface area contributed by atoms with Crippen LogP contribution in [0.5, 0.6) is 0 Å². The number of methoxy groups -OCH3 is 1. The molecule has 0 saturated heterocycles. The van der Waals surface area contributed by atoms with Crippen LogP contribution in [0.25, 0.3) is 0 Å². The molecule has 86 valence electrons. The van der Waals surface area contributed by atoms with Gasteiger partial charge in [0.15, 0.2) is 0 Å². The van der Waals surface area contributed by atoms with Crippen molar-refractivity contribution in [3.8, 4) is 0 Å². The predicted molar refractivity (Wildman–Crippen MR) is 63.1 cm³/mol. The molecule has 0 radical (unpaired) electrons. The lowest BCUT2D eigenvalue weighted by molar-refractivity contribution is -0.417. The molecule has 0 saturated carbocycles. The summed E-state index contributed by atoms with van der Waals surface area (Å²) >= 11 is 0. The Labute approximate surface area is 95.8 Å². The number of hydrogen-bond acceptors (Lipinski definition) is 2. The zero-order valence-corrected chi connectivity index (χ0v) is 10.1. The van der Waals surface area contributed by atoms with Gasteiger partial charge < -0.3 is 4.74 Å². The molecule has 0 aromatic carbocycles. The SMILES string of the molecule is COC(=O)C(C)C(C)=C1C=CC(=[O+]C)C=C1. The summed E-state index contributed by atoms with van der Waals surface area (Å²) in [6.45, 7) is 3.77. The number of carbonyl (C=O) groups is 1. The van der Waals surface area contributed by atoms with Crippen molar-refractivity contribution in [2.24, 2.45) is 5.92 Å². The number of hydrogen-bond donors (Lipinski definition) is 0. The summed E-state index contributed by atoms with van der Waals surface area (Å²) in [4.78, 5) is 11.4. The van der Waals surface area contributed by atoms with Gasteiger partial charge in [-0.2, -0.15) is 0 Å². The van der Waals surface area contributed by atoms with Crippen LogP contribution < -0.4 is 0 Å². The van der Waals surface area contributed by atoms with E-state index >= 15 is 0 Å². The van der Waals surface area contributed by atoms with Gasteiger partial charge in [-0.15, -0.1) is 0 Å². The highest BCUT2D eigenvalue weighted by Gasteiger charge is 2.18. The second-order valence-electron chi connectivity index (χ2n) is 3.66. The van der Waals surface area contributed by atoms with Crippen molar-refractivity contribution in [1.82, 2.24) is 0 Å². The molecule has 0 N–H and O–H groups in total. The minimum Gasteiger partial charge on any atom is -0.469 e. The van der Waals surface area contributed by atoms with Gasteiger partial charge in [-0.3, -0.25) is 9.22 Å². The summed E-state index contributed by atoms with van der Waals surface area (Å²) in [5.74, 6) is 0.369. The fourth-order valence-electron chi connectivity index (χ4n) is 1.46. The van der Waals surface area contributed by atoms with Crippen LogP contribution >= 0.6 is 0 Å². The Bertz CT molecular complexity index is 379. The number of ketones is 1. The number of allylic oxidation sites excluding steroid dienone is 5. The van der Waals surface area contributed by atoms with Crippen LogP contribution in [-0.2, 0) is 14.0 Å². The van der Waals surface area contributed by atoms with Gasteiger partial charge in [-0.1, -0.05) is 5.57 Å². The van der Waals surface area contributed by atoms with E-state index in [4.69, 9.17) is 9.16 Å². The van der Waals surface area contributed by atoms with Crippen LogP contribution in [0, 0.1) is 5.92 Å². The molecular weight excluding hydrogens is 204 g/mol. The fourth-order valence-corrected chi connectivity index (χ4v) is 1.46. The molecule has 0 spiro atoms. The molecule has 0 aromatic rings. The molecular formula is C13H17O3+. The van der Waals surface area contributed by atoms with Crippen molar-refractivity contribution < 1.29 is 14.0 Å². The maximum atomic E-state index is 11.4. The summed E-state index contributed by atoms with van der Waals surface area (Å²) in [5, 5.41) is 0. The van der Waals surface area contributed by atoms with Crippen LogP contribution in [0.3, 0.4) is 0 Å². The van der Waals surface area contributed by atoms with Crippen LogP contribution in [0.4, 0.5) is 0 Å². The Balaban J connectivity index is 2.92. The van der Waals surface area contributed by atoms with Gasteiger partial charge in [0, 0.05) is 12.2 Å². The number of esters is 1. The molecule has 16 heavy (non-hydrogen) atoms. The summed E-state index contributed by atoms with van der Waals surface area (Å²) in [5.41, 5.74) is 2.02. The number of ether oxygens (including phenoxy) is 1. The molecule has 0 fully saturated rings. The van der Waals surface area contributed by atoms with E-state index in [1.165, 1.54) is 7.11 Å². The maximum absolute atomic E-state index is 11.4. The molecule has 1 aliphatic rings. The molecule has 3 nitrogen and oxygen atoms in total. The topological polar surface area (TPSA) is 37.6 Å². The van der Waals surface area contributed by atoms with Crippen LogP contribution in [0.15, 0.2) is 35.5 Å². The highest BCUT2D eigenvalue weighted by molar-refractivity contribution is 6.01. The Morgan fingerprint density at radius 1 is 1.31 bits per heavy atom. The van der Waals surface area contributed by atoms with Gasteiger partial charge in [0.2, 0.25) is 0 Å². The summed E-state index contributed by atoms with van der Waals surface area (Å²) in [7, 11) is 3.03. The second-order valence-corrected chi connectivity index (χ2v) is 3.66. The third-order valence-electron chi connectivity index (χ3n) is 2.75. The van der Waals surface area contributed by atoms with Crippen molar-refractivity contribution in [2.45, 2.75) is 13.8 Å². The largest absolute Gasteiger partial charge is 0.469 e. The number of rotatable bonds is 2. The molecule has 0 aliphatic heterocycles. The van der Waals surface area contributed by atoms with Crippen molar-refractivity contribution in [2.75, 3.05) is 14.2 Å². The zero-order valence-electron chi connectivity index (χ0n) is 10.1. The first kappa shape index (κ1) is 12.4. The first-order chi connectivity index (χ1) is 7.60. The number of carbonyl (C=O) groups excluding carboxylic acids is 2. The lowest BCUT2D eigenvalue weighted by atomic mass is 9.94. The van der Waals surface area contributed by atoms with E-state index in [0.717, 1.165) is 16.9 Å². The van der Waals surface area contributed by atoms with Gasteiger partial charge in [0.05, 0.1) is 13.0 Å². The van der Waals surface area contributed by atoms with Crippen molar-refractivity contribution in [1.29, 1.82) is 0 Å². The van der Waals surface area contributed by atoms with E-state index in [-0.39, 0.29) is 11.9 Å². The Morgan fingerprint density at radius 3 is 2.31 bits per heavy atom. The van der Waals surface area contributed by atoms with Crippen LogP contribution in [0.2, 0.25) is 0 Å². The maximum Gasteiger partial charge on any atom is 0.343 e. The molecule has 1 aliphatic carbocycles. The molecule has 0 bridgehead atoms. The predicted octanol–water partition coefficient (Wildman–Crippen LogP) is 1.97. The summed E-state index contributed by atoms with van der Waals surface area (Å²) in [6, 6.07) is 0. The average Bonchev–Trinajstić information content (AvgIpc) is 2.36. The van der Waals surface area contributed by atoms with Crippen molar-refractivity contribution in [3.05, 3.63) is 35.5 Å². The first-order valence-electron chi connectivity index (χ1n) is 5.15. The van der Waals surface area contributed by atoms with E-state index in [1.807, 2.05) is 38.2 Å². The van der Waals surface area contributed by atoms with Gasteiger partial charge in [-0.05, 0) is 31.6 Å². The van der Waals surface area contributed by atoms with Crippen LogP contribution in [-0.4, -0.2) is 26.0 Å².